The number of carbonyl (C=O) groups is 1. The summed E-state index contributed by atoms with van der Waals surface area (Å²) in [5.74, 6) is 0.571. The monoisotopic (exact) mass is 268 g/mol. The van der Waals surface area contributed by atoms with Crippen molar-refractivity contribution in [2.24, 2.45) is 5.92 Å². The fraction of sp³-hybridized carbons (Fsp3) is 0.692. The normalized spacial score (nSPS) is 16.4. The molecule has 0 radical (unpaired) electrons. The number of amides is 1. The summed E-state index contributed by atoms with van der Waals surface area (Å²) >= 11 is 1.38. The van der Waals surface area contributed by atoms with E-state index in [1.165, 1.54) is 30.6 Å². The van der Waals surface area contributed by atoms with Crippen molar-refractivity contribution in [3.05, 3.63) is 16.1 Å². The highest BCUT2D eigenvalue weighted by atomic mass is 32.1. The molecule has 0 saturated heterocycles. The maximum Gasteiger partial charge on any atom is 0.280 e. The second-order valence-electron chi connectivity index (χ2n) is 5.64. The molecule has 18 heavy (non-hydrogen) atoms. The van der Waals surface area contributed by atoms with Gasteiger partial charge in [-0.2, -0.15) is 0 Å². The lowest BCUT2D eigenvalue weighted by molar-refractivity contribution is 0.0694. The maximum absolute atomic E-state index is 11.8. The summed E-state index contributed by atoms with van der Waals surface area (Å²) in [7, 11) is 0. The Hall–Kier alpha value is -0.940. The summed E-state index contributed by atoms with van der Waals surface area (Å²) in [6.07, 6.45) is 4.90. The van der Waals surface area contributed by atoms with Gasteiger partial charge in [-0.1, -0.05) is 19.3 Å². The van der Waals surface area contributed by atoms with Crippen molar-refractivity contribution in [1.29, 1.82) is 0 Å². The van der Waals surface area contributed by atoms with Crippen molar-refractivity contribution in [3.63, 3.8) is 0 Å². The molecular formula is C13H20N2O2S. The number of aliphatic hydroxyl groups is 1. The molecule has 1 aliphatic rings. The van der Waals surface area contributed by atoms with Gasteiger partial charge in [0.05, 0.1) is 11.3 Å². The van der Waals surface area contributed by atoms with Crippen LogP contribution in [0.4, 0.5) is 0 Å². The molecule has 1 heterocycles. The minimum Gasteiger partial charge on any atom is -0.389 e. The highest BCUT2D eigenvalue weighted by Gasteiger charge is 2.21. The van der Waals surface area contributed by atoms with Gasteiger partial charge in [0.2, 0.25) is 0 Å². The number of thiazole rings is 1. The Kier molecular flexibility index (Phi) is 4.02. The van der Waals surface area contributed by atoms with Crippen LogP contribution in [0, 0.1) is 5.92 Å². The molecule has 0 aromatic carbocycles. The molecule has 1 fully saturated rings. The largest absolute Gasteiger partial charge is 0.389 e. The van der Waals surface area contributed by atoms with Crippen LogP contribution in [-0.2, 0) is 6.42 Å². The maximum atomic E-state index is 11.8. The van der Waals surface area contributed by atoms with E-state index in [-0.39, 0.29) is 12.5 Å². The highest BCUT2D eigenvalue weighted by Crippen LogP contribution is 2.29. The van der Waals surface area contributed by atoms with E-state index in [2.05, 4.69) is 10.3 Å². The van der Waals surface area contributed by atoms with Crippen LogP contribution in [0.2, 0.25) is 0 Å². The van der Waals surface area contributed by atoms with Crippen LogP contribution in [0.25, 0.3) is 0 Å². The number of hydrogen-bond donors (Lipinski definition) is 2. The summed E-state index contributed by atoms with van der Waals surface area (Å²) in [5, 5.41) is 14.7. The lowest BCUT2D eigenvalue weighted by atomic mass is 9.82. The van der Waals surface area contributed by atoms with Crippen LogP contribution in [-0.4, -0.2) is 28.1 Å². The van der Waals surface area contributed by atoms with E-state index in [1.807, 2.05) is 5.38 Å². The van der Waals surface area contributed by atoms with Gasteiger partial charge in [-0.3, -0.25) is 4.79 Å². The van der Waals surface area contributed by atoms with Crippen LogP contribution in [0.5, 0.6) is 0 Å². The molecule has 4 nitrogen and oxygen atoms in total. The Labute approximate surface area is 111 Å². The number of rotatable bonds is 5. The average molecular weight is 268 g/mol. The van der Waals surface area contributed by atoms with Crippen molar-refractivity contribution in [2.75, 3.05) is 6.54 Å². The number of aromatic nitrogens is 1. The molecule has 1 aliphatic carbocycles. The summed E-state index contributed by atoms with van der Waals surface area (Å²) in [4.78, 5) is 16.2. The molecule has 1 aromatic heterocycles. The van der Waals surface area contributed by atoms with Gasteiger partial charge in [-0.15, -0.1) is 11.3 Å². The number of nitrogens with one attached hydrogen (secondary N) is 1. The third kappa shape index (κ3) is 3.78. The van der Waals surface area contributed by atoms with Crippen molar-refractivity contribution in [2.45, 2.75) is 45.1 Å². The molecule has 0 spiro atoms. The predicted octanol–water partition coefficient (Wildman–Crippen LogP) is 1.99. The van der Waals surface area contributed by atoms with Gasteiger partial charge < -0.3 is 10.4 Å². The number of nitrogens with zero attached hydrogens (tertiary/aromatic N) is 1. The van der Waals surface area contributed by atoms with Crippen LogP contribution in [0.1, 0.15) is 48.6 Å². The topological polar surface area (TPSA) is 62.2 Å². The second-order valence-corrected chi connectivity index (χ2v) is 6.50. The quantitative estimate of drug-likeness (QED) is 0.858. The van der Waals surface area contributed by atoms with E-state index in [4.69, 9.17) is 0 Å². The Balaban J connectivity index is 1.86. The molecule has 0 bridgehead atoms. The third-order valence-corrected chi connectivity index (χ3v) is 4.04. The lowest BCUT2D eigenvalue weighted by Crippen LogP contribution is -2.38. The first-order valence-electron chi connectivity index (χ1n) is 6.39. The van der Waals surface area contributed by atoms with Gasteiger partial charge >= 0.3 is 0 Å². The zero-order valence-corrected chi connectivity index (χ0v) is 11.7. The fourth-order valence-electron chi connectivity index (χ4n) is 1.87. The Morgan fingerprint density at radius 1 is 1.61 bits per heavy atom. The predicted molar refractivity (Wildman–Crippen MR) is 71.8 cm³/mol. The van der Waals surface area contributed by atoms with Crippen molar-refractivity contribution in [3.8, 4) is 0 Å². The molecular weight excluding hydrogens is 248 g/mol. The molecule has 1 aromatic rings. The molecule has 2 rings (SSSR count). The van der Waals surface area contributed by atoms with E-state index >= 15 is 0 Å². The van der Waals surface area contributed by atoms with E-state index in [1.54, 1.807) is 13.8 Å². The van der Waals surface area contributed by atoms with Crippen LogP contribution >= 0.6 is 11.3 Å². The minimum absolute atomic E-state index is 0.193. The van der Waals surface area contributed by atoms with E-state index in [0.717, 1.165) is 18.0 Å². The fourth-order valence-corrected chi connectivity index (χ4v) is 2.62. The molecule has 0 atom stereocenters. The standard InChI is InChI=1S/C13H20N2O2S/c1-13(2,17)8-14-11(16)12-15-10(7-18-12)6-9-4-3-5-9/h7,9,17H,3-6,8H2,1-2H3,(H,14,16). The smallest absolute Gasteiger partial charge is 0.280 e. The lowest BCUT2D eigenvalue weighted by Gasteiger charge is -2.24. The van der Waals surface area contributed by atoms with Crippen molar-refractivity contribution >= 4 is 17.2 Å². The van der Waals surface area contributed by atoms with Crippen LogP contribution in [0.3, 0.4) is 0 Å². The van der Waals surface area contributed by atoms with Crippen molar-refractivity contribution in [1.82, 2.24) is 10.3 Å². The average Bonchev–Trinajstić information content (AvgIpc) is 2.67. The Morgan fingerprint density at radius 3 is 2.89 bits per heavy atom. The molecule has 1 amide bonds. The highest BCUT2D eigenvalue weighted by molar-refractivity contribution is 7.11. The summed E-state index contributed by atoms with van der Waals surface area (Å²) < 4.78 is 0. The van der Waals surface area contributed by atoms with Gasteiger partial charge in [0.25, 0.3) is 5.91 Å². The SMILES string of the molecule is CC(C)(O)CNC(=O)c1nc(CC2CCC2)cs1. The Morgan fingerprint density at radius 2 is 2.33 bits per heavy atom. The van der Waals surface area contributed by atoms with Gasteiger partial charge in [-0.25, -0.2) is 4.98 Å². The molecule has 1 saturated carbocycles. The minimum atomic E-state index is -0.887. The molecule has 2 N–H and O–H groups in total. The third-order valence-electron chi connectivity index (χ3n) is 3.15. The summed E-state index contributed by atoms with van der Waals surface area (Å²) in [6, 6.07) is 0. The summed E-state index contributed by atoms with van der Waals surface area (Å²) in [5.41, 5.74) is 0.139. The molecule has 0 aliphatic heterocycles. The van der Waals surface area contributed by atoms with Gasteiger partial charge in [0, 0.05) is 11.9 Å². The molecule has 0 unspecified atom stereocenters. The zero-order valence-electron chi connectivity index (χ0n) is 10.9. The van der Waals surface area contributed by atoms with Gasteiger partial charge in [-0.05, 0) is 26.2 Å². The van der Waals surface area contributed by atoms with E-state index in [0.29, 0.717) is 5.01 Å². The second kappa shape index (κ2) is 5.36. The van der Waals surface area contributed by atoms with E-state index in [9.17, 15) is 9.90 Å². The first-order chi connectivity index (χ1) is 8.44. The van der Waals surface area contributed by atoms with Crippen LogP contribution < -0.4 is 5.32 Å². The summed E-state index contributed by atoms with van der Waals surface area (Å²) in [6.45, 7) is 3.57. The van der Waals surface area contributed by atoms with E-state index < -0.39 is 5.60 Å². The van der Waals surface area contributed by atoms with Gasteiger partial charge in [0.15, 0.2) is 5.01 Å². The molecule has 100 valence electrons. The number of carbonyl (C=O) groups excluding carboxylic acids is 1. The first-order valence-corrected chi connectivity index (χ1v) is 7.27. The van der Waals surface area contributed by atoms with Crippen LogP contribution in [0.15, 0.2) is 5.38 Å². The van der Waals surface area contributed by atoms with Gasteiger partial charge in [0.1, 0.15) is 0 Å². The molecule has 5 heteroatoms. The number of hydrogen-bond acceptors (Lipinski definition) is 4. The zero-order chi connectivity index (χ0) is 13.2. The first kappa shape index (κ1) is 13.5. The Bertz CT molecular complexity index is 419. The van der Waals surface area contributed by atoms with Crippen molar-refractivity contribution < 1.29 is 9.90 Å².